The lowest BCUT2D eigenvalue weighted by atomic mass is 9.81. The van der Waals surface area contributed by atoms with E-state index in [9.17, 15) is 0 Å². The maximum Gasteiger partial charge on any atom is 0.177 e. The van der Waals surface area contributed by atoms with Gasteiger partial charge in [-0.2, -0.15) is 0 Å². The number of imidazole rings is 1. The molecular formula is C21H26N6. The lowest BCUT2D eigenvalue weighted by Gasteiger charge is -2.28. The average Bonchev–Trinajstić information content (AvgIpc) is 3.31. The minimum absolute atomic E-state index is 0.304. The van der Waals surface area contributed by atoms with Crippen molar-refractivity contribution in [1.82, 2.24) is 14.6 Å². The van der Waals surface area contributed by atoms with Gasteiger partial charge in [0.2, 0.25) is 0 Å². The maximum absolute atomic E-state index is 6.43. The summed E-state index contributed by atoms with van der Waals surface area (Å²) in [5, 5.41) is 8.20. The summed E-state index contributed by atoms with van der Waals surface area (Å²) in [6.07, 6.45) is 11.4. The van der Waals surface area contributed by atoms with Crippen molar-refractivity contribution < 1.29 is 0 Å². The fourth-order valence-corrected chi connectivity index (χ4v) is 4.71. The van der Waals surface area contributed by atoms with Crippen molar-refractivity contribution in [2.45, 2.75) is 56.9 Å². The number of hydrogen-bond donors (Lipinski definition) is 3. The highest BCUT2D eigenvalue weighted by Gasteiger charge is 2.27. The van der Waals surface area contributed by atoms with E-state index in [1.807, 2.05) is 6.20 Å². The van der Waals surface area contributed by atoms with Gasteiger partial charge in [0.05, 0.1) is 5.69 Å². The van der Waals surface area contributed by atoms with Gasteiger partial charge in [-0.1, -0.05) is 6.07 Å². The van der Waals surface area contributed by atoms with Crippen LogP contribution in [0.5, 0.6) is 0 Å². The van der Waals surface area contributed by atoms with Crippen LogP contribution < -0.4 is 16.8 Å². The molecule has 0 atom stereocenters. The number of nitrogens with one attached hydrogen (secondary N) is 1. The van der Waals surface area contributed by atoms with Gasteiger partial charge in [0.1, 0.15) is 5.82 Å². The molecule has 2 aliphatic rings. The number of nitrogens with two attached hydrogens (primary N) is 2. The monoisotopic (exact) mass is 362 g/mol. The van der Waals surface area contributed by atoms with Gasteiger partial charge >= 0.3 is 0 Å². The van der Waals surface area contributed by atoms with Crippen molar-refractivity contribution in [3.8, 4) is 0 Å². The van der Waals surface area contributed by atoms with E-state index < -0.39 is 0 Å². The van der Waals surface area contributed by atoms with Crippen LogP contribution in [0.4, 0.5) is 17.2 Å². The molecule has 1 saturated carbocycles. The molecule has 6 heteroatoms. The van der Waals surface area contributed by atoms with Crippen LogP contribution in [0.2, 0.25) is 0 Å². The van der Waals surface area contributed by atoms with Gasteiger partial charge in [-0.05, 0) is 74.1 Å². The average molecular weight is 362 g/mol. The molecule has 2 aliphatic carbocycles. The number of anilines is 3. The largest absolute Gasteiger partial charge is 0.382 e. The molecule has 0 saturated heterocycles. The van der Waals surface area contributed by atoms with Crippen LogP contribution in [0.25, 0.3) is 5.65 Å². The van der Waals surface area contributed by atoms with E-state index in [-0.39, 0.29) is 0 Å². The number of hydrogen-bond acceptors (Lipinski definition) is 5. The summed E-state index contributed by atoms with van der Waals surface area (Å²) in [6, 6.07) is 7.00. The topological polar surface area (TPSA) is 94.3 Å². The minimum Gasteiger partial charge on any atom is -0.382 e. The number of aryl methyl sites for hydroxylation is 2. The first-order valence-electron chi connectivity index (χ1n) is 9.96. The molecular weight excluding hydrogens is 336 g/mol. The van der Waals surface area contributed by atoms with E-state index in [1.165, 1.54) is 24.0 Å². The molecule has 0 bridgehead atoms. The molecule has 0 radical (unpaired) electrons. The molecule has 5 rings (SSSR count). The SMILES string of the molecule is Nc1nn2ccnc2c(Nc2ccc3c(c2)CCC3)c1C1CCC(N)CC1. The Morgan fingerprint density at radius 2 is 1.89 bits per heavy atom. The van der Waals surface area contributed by atoms with Crippen LogP contribution >= 0.6 is 0 Å². The van der Waals surface area contributed by atoms with E-state index in [2.05, 4.69) is 33.6 Å². The predicted octanol–water partition coefficient (Wildman–Crippen LogP) is 3.53. The molecule has 3 aromatic rings. The van der Waals surface area contributed by atoms with Crippen LogP contribution in [-0.2, 0) is 12.8 Å². The fraction of sp³-hybridized carbons (Fsp3) is 0.429. The lowest BCUT2D eigenvalue weighted by molar-refractivity contribution is 0.396. The Kier molecular flexibility index (Phi) is 4.01. The van der Waals surface area contributed by atoms with Crippen LogP contribution in [0, 0.1) is 0 Å². The Morgan fingerprint density at radius 1 is 1.07 bits per heavy atom. The van der Waals surface area contributed by atoms with Crippen LogP contribution in [0.1, 0.15) is 54.7 Å². The Morgan fingerprint density at radius 3 is 2.74 bits per heavy atom. The van der Waals surface area contributed by atoms with Crippen LogP contribution in [0.15, 0.2) is 30.6 Å². The quantitative estimate of drug-likeness (QED) is 0.663. The third-order valence-corrected chi connectivity index (χ3v) is 6.15. The summed E-state index contributed by atoms with van der Waals surface area (Å²) >= 11 is 0. The van der Waals surface area contributed by atoms with E-state index in [4.69, 9.17) is 11.5 Å². The summed E-state index contributed by atoms with van der Waals surface area (Å²) in [4.78, 5) is 4.56. The first kappa shape index (κ1) is 16.6. The Bertz CT molecular complexity index is 984. The smallest absolute Gasteiger partial charge is 0.177 e. The molecule has 0 aliphatic heterocycles. The van der Waals surface area contributed by atoms with E-state index >= 15 is 0 Å². The van der Waals surface area contributed by atoms with Crippen molar-refractivity contribution in [3.05, 3.63) is 47.3 Å². The van der Waals surface area contributed by atoms with Gasteiger partial charge in [-0.25, -0.2) is 9.50 Å². The van der Waals surface area contributed by atoms with Gasteiger partial charge in [0.15, 0.2) is 5.65 Å². The molecule has 2 aromatic heterocycles. The van der Waals surface area contributed by atoms with E-state index in [0.29, 0.717) is 17.8 Å². The normalized spacial score (nSPS) is 22.1. The molecule has 5 N–H and O–H groups in total. The van der Waals surface area contributed by atoms with Gasteiger partial charge < -0.3 is 16.8 Å². The van der Waals surface area contributed by atoms with E-state index in [1.54, 1.807) is 10.7 Å². The van der Waals surface area contributed by atoms with E-state index in [0.717, 1.165) is 54.7 Å². The molecule has 0 amide bonds. The summed E-state index contributed by atoms with van der Waals surface area (Å²) in [5.74, 6) is 0.959. The summed E-state index contributed by atoms with van der Waals surface area (Å²) < 4.78 is 1.77. The number of benzene rings is 1. The highest BCUT2D eigenvalue weighted by atomic mass is 15.3. The highest BCUT2D eigenvalue weighted by Crippen LogP contribution is 2.41. The summed E-state index contributed by atoms with van der Waals surface area (Å²) in [5.41, 5.74) is 19.5. The summed E-state index contributed by atoms with van der Waals surface area (Å²) in [6.45, 7) is 0. The maximum atomic E-state index is 6.43. The Balaban J connectivity index is 1.59. The molecule has 27 heavy (non-hydrogen) atoms. The second kappa shape index (κ2) is 6.53. The van der Waals surface area contributed by atoms with Crippen molar-refractivity contribution >= 4 is 22.8 Å². The molecule has 2 heterocycles. The van der Waals surface area contributed by atoms with Crippen molar-refractivity contribution in [2.24, 2.45) is 5.73 Å². The van der Waals surface area contributed by atoms with Crippen LogP contribution in [0.3, 0.4) is 0 Å². The predicted molar refractivity (Wildman–Crippen MR) is 108 cm³/mol. The molecule has 1 fully saturated rings. The lowest BCUT2D eigenvalue weighted by Crippen LogP contribution is -2.26. The number of fused-ring (bicyclic) bond motifs is 2. The number of nitrogen functional groups attached to an aromatic ring is 1. The standard InChI is InChI=1S/C21H26N6/c22-16-7-4-14(5-8-16)18-19(21-24-10-11-27(21)26-20(18)23)25-17-9-6-13-2-1-3-15(13)12-17/h6,9-12,14,16,25H,1-5,7-8,22H2,(H2,23,26). The van der Waals surface area contributed by atoms with Gasteiger partial charge in [-0.3, -0.25) is 0 Å². The first-order chi connectivity index (χ1) is 13.2. The van der Waals surface area contributed by atoms with Gasteiger partial charge in [0.25, 0.3) is 0 Å². The minimum atomic E-state index is 0.304. The zero-order valence-corrected chi connectivity index (χ0v) is 15.5. The fourth-order valence-electron chi connectivity index (χ4n) is 4.71. The highest BCUT2D eigenvalue weighted by molar-refractivity contribution is 5.81. The number of aromatic nitrogens is 3. The molecule has 0 unspecified atom stereocenters. The van der Waals surface area contributed by atoms with Crippen molar-refractivity contribution in [3.63, 3.8) is 0 Å². The second-order valence-corrected chi connectivity index (χ2v) is 7.94. The Hall–Kier alpha value is -2.60. The zero-order chi connectivity index (χ0) is 18.4. The molecule has 140 valence electrons. The molecule has 6 nitrogen and oxygen atoms in total. The van der Waals surface area contributed by atoms with Crippen molar-refractivity contribution in [2.75, 3.05) is 11.1 Å². The third kappa shape index (κ3) is 2.94. The molecule has 1 aromatic carbocycles. The van der Waals surface area contributed by atoms with Gasteiger partial charge in [0, 0.05) is 29.7 Å². The Labute approximate surface area is 159 Å². The zero-order valence-electron chi connectivity index (χ0n) is 15.5. The summed E-state index contributed by atoms with van der Waals surface area (Å²) in [7, 11) is 0. The van der Waals surface area contributed by atoms with Gasteiger partial charge in [-0.15, -0.1) is 5.10 Å². The number of rotatable bonds is 3. The first-order valence-corrected chi connectivity index (χ1v) is 9.96. The number of nitrogens with zero attached hydrogens (tertiary/aromatic N) is 3. The molecule has 0 spiro atoms. The van der Waals surface area contributed by atoms with Crippen molar-refractivity contribution in [1.29, 1.82) is 0 Å². The van der Waals surface area contributed by atoms with Crippen LogP contribution in [-0.4, -0.2) is 20.6 Å². The third-order valence-electron chi connectivity index (χ3n) is 6.15. The second-order valence-electron chi connectivity index (χ2n) is 7.94.